The summed E-state index contributed by atoms with van der Waals surface area (Å²) in [6, 6.07) is 10.7. The summed E-state index contributed by atoms with van der Waals surface area (Å²) < 4.78 is 36.0. The van der Waals surface area contributed by atoms with Crippen molar-refractivity contribution in [3.63, 3.8) is 0 Å². The molecule has 5 amide bonds. The van der Waals surface area contributed by atoms with Crippen LogP contribution in [0.5, 0.6) is 0 Å². The standard InChI is InChI=1S/C38H46F2N6O6/c1-24(47)44(19-17-29(42-36(51)52-38(5,6)7)35(50)41-18-20-45-31(48)15-16-32(45)49)34(37(2,3)4)33-26(21-25-11-9-8-10-12-25)23-46(43-33)30-22-27(39)13-14-28(30)40/h8-16,22-23,29,34H,17-21H2,1-7H3,(H,41,50)(H,42,51). The van der Waals surface area contributed by atoms with Crippen molar-refractivity contribution in [2.75, 3.05) is 19.6 Å². The highest BCUT2D eigenvalue weighted by molar-refractivity contribution is 6.12. The van der Waals surface area contributed by atoms with E-state index in [1.807, 2.05) is 51.1 Å². The number of hydrogen-bond donors (Lipinski definition) is 2. The van der Waals surface area contributed by atoms with Gasteiger partial charge in [0.15, 0.2) is 0 Å². The topological polar surface area (TPSA) is 143 Å². The number of nitrogens with one attached hydrogen (secondary N) is 2. The molecular formula is C38H46F2N6O6. The van der Waals surface area contributed by atoms with Gasteiger partial charge in [0.05, 0.1) is 11.7 Å². The van der Waals surface area contributed by atoms with E-state index in [4.69, 9.17) is 9.84 Å². The van der Waals surface area contributed by atoms with Crippen LogP contribution < -0.4 is 10.6 Å². The van der Waals surface area contributed by atoms with Crippen LogP contribution in [0.3, 0.4) is 0 Å². The molecule has 1 aliphatic heterocycles. The highest BCUT2D eigenvalue weighted by Gasteiger charge is 2.38. The molecule has 0 fully saturated rings. The number of halogens is 2. The van der Waals surface area contributed by atoms with Crippen molar-refractivity contribution in [2.45, 2.75) is 79.0 Å². The van der Waals surface area contributed by atoms with Gasteiger partial charge in [0.2, 0.25) is 11.8 Å². The van der Waals surface area contributed by atoms with Gasteiger partial charge in [0, 0.05) is 63.0 Å². The smallest absolute Gasteiger partial charge is 0.408 e. The normalized spacial score (nSPS) is 14.3. The van der Waals surface area contributed by atoms with Crippen LogP contribution in [0, 0.1) is 17.0 Å². The molecule has 278 valence electrons. The average molecular weight is 721 g/mol. The molecule has 3 aromatic rings. The monoisotopic (exact) mass is 720 g/mol. The number of carbonyl (C=O) groups is 5. The molecule has 0 radical (unpaired) electrons. The zero-order chi connectivity index (χ0) is 38.4. The third-order valence-electron chi connectivity index (χ3n) is 8.21. The molecule has 1 aromatic heterocycles. The summed E-state index contributed by atoms with van der Waals surface area (Å²) in [4.78, 5) is 66.4. The van der Waals surface area contributed by atoms with E-state index in [9.17, 15) is 28.4 Å². The number of nitrogens with zero attached hydrogens (tertiary/aromatic N) is 4. The van der Waals surface area contributed by atoms with E-state index in [1.165, 1.54) is 11.6 Å². The molecule has 2 atom stereocenters. The van der Waals surface area contributed by atoms with Crippen LogP contribution >= 0.6 is 0 Å². The van der Waals surface area contributed by atoms with Crippen LogP contribution in [0.25, 0.3) is 5.69 Å². The Kier molecular flexibility index (Phi) is 12.3. The predicted molar refractivity (Wildman–Crippen MR) is 189 cm³/mol. The van der Waals surface area contributed by atoms with E-state index in [0.717, 1.165) is 40.8 Å². The van der Waals surface area contributed by atoms with E-state index < -0.39 is 58.5 Å². The maximum atomic E-state index is 15.0. The fraction of sp³-hybridized carbons (Fsp3) is 0.421. The second-order valence-electron chi connectivity index (χ2n) is 14.7. The number of alkyl carbamates (subject to hydrolysis) is 1. The van der Waals surface area contributed by atoms with Gasteiger partial charge in [0.25, 0.3) is 11.8 Å². The maximum Gasteiger partial charge on any atom is 0.408 e. The molecule has 4 rings (SSSR count). The zero-order valence-electron chi connectivity index (χ0n) is 30.5. The van der Waals surface area contributed by atoms with Crippen LogP contribution in [-0.2, 0) is 30.3 Å². The van der Waals surface area contributed by atoms with E-state index in [2.05, 4.69) is 10.6 Å². The molecule has 14 heteroatoms. The third kappa shape index (κ3) is 10.3. The quantitative estimate of drug-likeness (QED) is 0.237. The molecule has 0 spiro atoms. The largest absolute Gasteiger partial charge is 0.444 e. The van der Waals surface area contributed by atoms with Crippen LogP contribution in [0.15, 0.2) is 66.9 Å². The minimum absolute atomic E-state index is 0.0376. The molecule has 2 N–H and O–H groups in total. The lowest BCUT2D eigenvalue weighted by molar-refractivity contribution is -0.137. The summed E-state index contributed by atoms with van der Waals surface area (Å²) in [5, 5.41) is 10.0. The Morgan fingerprint density at radius 1 is 0.962 bits per heavy atom. The van der Waals surface area contributed by atoms with Crippen molar-refractivity contribution in [1.29, 1.82) is 0 Å². The predicted octanol–water partition coefficient (Wildman–Crippen LogP) is 5.00. The van der Waals surface area contributed by atoms with Crippen molar-refractivity contribution < 1.29 is 37.5 Å². The minimum atomic E-state index is -1.19. The second kappa shape index (κ2) is 16.3. The Balaban J connectivity index is 1.68. The Bertz CT molecular complexity index is 1810. The number of aromatic nitrogens is 2. The minimum Gasteiger partial charge on any atom is -0.444 e. The van der Waals surface area contributed by atoms with Crippen molar-refractivity contribution in [3.8, 4) is 5.69 Å². The first-order valence-electron chi connectivity index (χ1n) is 17.0. The Hall–Kier alpha value is -5.40. The molecule has 12 nitrogen and oxygen atoms in total. The molecule has 1 aliphatic rings. The molecule has 2 aromatic carbocycles. The summed E-state index contributed by atoms with van der Waals surface area (Å²) >= 11 is 0. The van der Waals surface area contributed by atoms with Gasteiger partial charge in [-0.2, -0.15) is 5.10 Å². The number of benzene rings is 2. The van der Waals surface area contributed by atoms with Gasteiger partial charge in [-0.15, -0.1) is 0 Å². The number of imide groups is 1. The SMILES string of the molecule is CC(=O)N(CCC(NC(=O)OC(C)(C)C)C(=O)NCCN1C(=O)C=CC1=O)C(c1nn(-c2cc(F)ccc2F)cc1Cc1ccccc1)C(C)(C)C. The van der Waals surface area contributed by atoms with Gasteiger partial charge in [0.1, 0.15) is 29.0 Å². The summed E-state index contributed by atoms with van der Waals surface area (Å²) in [5.41, 5.74) is 0.403. The number of hydrogen-bond acceptors (Lipinski definition) is 7. The zero-order valence-corrected chi connectivity index (χ0v) is 30.5. The lowest BCUT2D eigenvalue weighted by atomic mass is 9.81. The van der Waals surface area contributed by atoms with E-state index in [1.54, 1.807) is 31.9 Å². The summed E-state index contributed by atoms with van der Waals surface area (Å²) in [6.07, 6.45) is 3.36. The third-order valence-corrected chi connectivity index (χ3v) is 8.21. The molecule has 2 unspecified atom stereocenters. The average Bonchev–Trinajstić information content (AvgIpc) is 3.59. The van der Waals surface area contributed by atoms with Crippen LogP contribution in [-0.4, -0.2) is 80.6 Å². The van der Waals surface area contributed by atoms with Crippen molar-refractivity contribution in [2.24, 2.45) is 5.41 Å². The van der Waals surface area contributed by atoms with E-state index in [0.29, 0.717) is 17.7 Å². The Morgan fingerprint density at radius 3 is 2.21 bits per heavy atom. The molecule has 0 aliphatic carbocycles. The second-order valence-corrected chi connectivity index (χ2v) is 14.7. The molecule has 0 saturated carbocycles. The van der Waals surface area contributed by atoms with Crippen LogP contribution in [0.2, 0.25) is 0 Å². The first kappa shape index (κ1) is 39.4. The summed E-state index contributed by atoms with van der Waals surface area (Å²) in [7, 11) is 0. The van der Waals surface area contributed by atoms with Crippen molar-refractivity contribution in [1.82, 2.24) is 30.2 Å². The molecule has 0 bridgehead atoms. The van der Waals surface area contributed by atoms with Gasteiger partial charge in [-0.25, -0.2) is 18.3 Å². The number of ether oxygens (including phenoxy) is 1. The van der Waals surface area contributed by atoms with Crippen LogP contribution in [0.4, 0.5) is 13.6 Å². The van der Waals surface area contributed by atoms with E-state index >= 15 is 4.39 Å². The highest BCUT2D eigenvalue weighted by atomic mass is 19.1. The lowest BCUT2D eigenvalue weighted by Crippen LogP contribution is -2.51. The molecule has 2 heterocycles. The lowest BCUT2D eigenvalue weighted by Gasteiger charge is -2.40. The number of carbonyl (C=O) groups excluding carboxylic acids is 5. The summed E-state index contributed by atoms with van der Waals surface area (Å²) in [6.45, 7) is 12.0. The first-order valence-corrected chi connectivity index (χ1v) is 17.0. The van der Waals surface area contributed by atoms with Crippen molar-refractivity contribution in [3.05, 3.63) is 95.3 Å². The number of rotatable bonds is 13. The van der Waals surface area contributed by atoms with Gasteiger partial charge in [-0.05, 0) is 50.3 Å². The molecular weight excluding hydrogens is 674 g/mol. The molecule has 0 saturated heterocycles. The molecule has 52 heavy (non-hydrogen) atoms. The Morgan fingerprint density at radius 2 is 1.62 bits per heavy atom. The summed E-state index contributed by atoms with van der Waals surface area (Å²) in [5.74, 6) is -3.30. The maximum absolute atomic E-state index is 15.0. The highest BCUT2D eigenvalue weighted by Crippen LogP contribution is 2.40. The van der Waals surface area contributed by atoms with Gasteiger partial charge < -0.3 is 20.3 Å². The first-order chi connectivity index (χ1) is 24.3. The van der Waals surface area contributed by atoms with Gasteiger partial charge >= 0.3 is 6.09 Å². The number of amides is 5. The van der Waals surface area contributed by atoms with Gasteiger partial charge in [-0.3, -0.25) is 24.1 Å². The van der Waals surface area contributed by atoms with Crippen molar-refractivity contribution >= 4 is 29.7 Å². The van der Waals surface area contributed by atoms with Gasteiger partial charge in [-0.1, -0.05) is 51.1 Å². The fourth-order valence-electron chi connectivity index (χ4n) is 5.94. The van der Waals surface area contributed by atoms with Crippen LogP contribution in [0.1, 0.15) is 77.7 Å². The Labute approximate surface area is 302 Å². The van der Waals surface area contributed by atoms with E-state index in [-0.39, 0.29) is 37.6 Å². The fourth-order valence-corrected chi connectivity index (χ4v) is 5.94.